The first kappa shape index (κ1) is 6.69. The summed E-state index contributed by atoms with van der Waals surface area (Å²) < 4.78 is 0. The van der Waals surface area contributed by atoms with E-state index in [1.54, 1.807) is 0 Å². The third kappa shape index (κ3) is 3.52. The van der Waals surface area contributed by atoms with Gasteiger partial charge in [0.15, 0.2) is 0 Å². The van der Waals surface area contributed by atoms with Crippen LogP contribution in [0.5, 0.6) is 0 Å². The highest BCUT2D eigenvalue weighted by atomic mass is 28.2. The smallest absolute Gasteiger partial charge is 0.211 e. The Bertz CT molecular complexity index is 64.7. The van der Waals surface area contributed by atoms with Crippen molar-refractivity contribution in [3.63, 3.8) is 0 Å². The van der Waals surface area contributed by atoms with Crippen LogP contribution >= 0.6 is 0 Å². The van der Waals surface area contributed by atoms with E-state index in [4.69, 9.17) is 0 Å². The maximum atomic E-state index is 10.3. The van der Waals surface area contributed by atoms with Crippen LogP contribution in [0.2, 0.25) is 0 Å². The van der Waals surface area contributed by atoms with Crippen LogP contribution < -0.4 is 4.98 Å². The van der Waals surface area contributed by atoms with Crippen molar-refractivity contribution < 1.29 is 4.79 Å². The lowest BCUT2D eigenvalue weighted by Gasteiger charge is -1.91. The van der Waals surface area contributed by atoms with Crippen molar-refractivity contribution in [2.24, 2.45) is 0 Å². The zero-order valence-corrected chi connectivity index (χ0v) is 6.82. The Balaban J connectivity index is 3.00. The molecule has 0 aromatic carbocycles. The Labute approximate surface area is 46.8 Å². The van der Waals surface area contributed by atoms with Gasteiger partial charge in [0, 0.05) is 6.42 Å². The number of nitrogens with one attached hydrogen (secondary N) is 1. The summed E-state index contributed by atoms with van der Waals surface area (Å²) in [5.41, 5.74) is 0. The molecule has 0 aliphatic heterocycles. The van der Waals surface area contributed by atoms with E-state index in [0.29, 0.717) is 6.42 Å². The van der Waals surface area contributed by atoms with Gasteiger partial charge in [0.1, 0.15) is 10.4 Å². The summed E-state index contributed by atoms with van der Waals surface area (Å²) in [5, 5.41) is 0. The maximum Gasteiger partial charge on any atom is 0.211 e. The average molecular weight is 117 g/mol. The van der Waals surface area contributed by atoms with E-state index in [1.165, 1.54) is 0 Å². The van der Waals surface area contributed by atoms with Crippen molar-refractivity contribution in [3.05, 3.63) is 0 Å². The summed E-state index contributed by atoms with van der Waals surface area (Å²) in [4.78, 5) is 13.0. The number of carbonyl (C=O) groups excluding carboxylic acids is 1. The second kappa shape index (κ2) is 3.86. The van der Waals surface area contributed by atoms with E-state index in [-0.39, 0.29) is 5.91 Å². The van der Waals surface area contributed by atoms with Gasteiger partial charge in [0.2, 0.25) is 5.91 Å². The van der Waals surface area contributed by atoms with Crippen molar-refractivity contribution in [2.75, 3.05) is 0 Å². The van der Waals surface area contributed by atoms with E-state index in [9.17, 15) is 4.79 Å². The molecule has 2 nitrogen and oxygen atoms in total. The van der Waals surface area contributed by atoms with Gasteiger partial charge >= 0.3 is 0 Å². The molecule has 0 radical (unpaired) electrons. The minimum absolute atomic E-state index is 0.189. The molecule has 0 rings (SSSR count). The van der Waals surface area contributed by atoms with Crippen molar-refractivity contribution in [1.82, 2.24) is 4.98 Å². The highest BCUT2D eigenvalue weighted by Crippen LogP contribution is 1.82. The predicted molar refractivity (Wildman–Crippen MR) is 33.0 cm³/mol. The molecule has 0 unspecified atom stereocenters. The lowest BCUT2D eigenvalue weighted by molar-refractivity contribution is -0.119. The first-order valence-corrected chi connectivity index (χ1v) is 3.51. The predicted octanol–water partition coefficient (Wildman–Crippen LogP) is -0.817. The second-order valence-corrected chi connectivity index (χ2v) is 1.92. The van der Waals surface area contributed by atoms with Gasteiger partial charge in [-0.2, -0.15) is 0 Å². The number of hydrogen-bond acceptors (Lipinski definition) is 1. The van der Waals surface area contributed by atoms with Crippen LogP contribution in [0.4, 0.5) is 0 Å². The molecular weight excluding hydrogens is 106 g/mol. The van der Waals surface area contributed by atoms with Crippen LogP contribution in [0.15, 0.2) is 0 Å². The van der Waals surface area contributed by atoms with E-state index < -0.39 is 0 Å². The average Bonchev–Trinajstić information content (AvgIpc) is 1.68. The van der Waals surface area contributed by atoms with Gasteiger partial charge in [-0.3, -0.25) is 4.79 Å². The number of carbonyl (C=O) groups is 1. The number of hydrogen-bond donors (Lipinski definition) is 1. The van der Waals surface area contributed by atoms with Crippen molar-refractivity contribution >= 4 is 16.3 Å². The molecule has 0 bridgehead atoms. The molecule has 0 heterocycles. The molecule has 0 atom stereocenters. The standard InChI is InChI=1S/C4H11NOSi/c1-2-3-4(6)5-7/h2-3H2,1,7H3,(H,5,6). The zero-order chi connectivity index (χ0) is 5.70. The van der Waals surface area contributed by atoms with Crippen LogP contribution in [0.25, 0.3) is 0 Å². The maximum absolute atomic E-state index is 10.3. The molecular formula is C4H11NOSi. The fourth-order valence-electron chi connectivity index (χ4n) is 0.352. The molecule has 1 N–H and O–H groups in total. The Morgan fingerprint density at radius 3 is 2.57 bits per heavy atom. The van der Waals surface area contributed by atoms with Crippen molar-refractivity contribution in [3.8, 4) is 0 Å². The van der Waals surface area contributed by atoms with E-state index in [0.717, 1.165) is 16.8 Å². The molecule has 42 valence electrons. The third-order valence-corrected chi connectivity index (χ3v) is 1.31. The molecule has 0 fully saturated rings. The SMILES string of the molecule is CCCC(=O)N[SiH3]. The van der Waals surface area contributed by atoms with Crippen LogP contribution in [-0.2, 0) is 4.79 Å². The summed E-state index contributed by atoms with van der Waals surface area (Å²) in [6, 6.07) is 0. The summed E-state index contributed by atoms with van der Waals surface area (Å²) >= 11 is 0. The lowest BCUT2D eigenvalue weighted by atomic mass is 10.3. The molecule has 0 aromatic rings. The van der Waals surface area contributed by atoms with Crippen LogP contribution in [0.3, 0.4) is 0 Å². The second-order valence-electron chi connectivity index (χ2n) is 1.42. The van der Waals surface area contributed by atoms with Crippen LogP contribution in [0, 0.1) is 0 Å². The first-order valence-electron chi connectivity index (χ1n) is 2.51. The zero-order valence-electron chi connectivity index (χ0n) is 4.82. The number of rotatable bonds is 2. The van der Waals surface area contributed by atoms with E-state index >= 15 is 0 Å². The van der Waals surface area contributed by atoms with Gasteiger partial charge < -0.3 is 4.98 Å². The Morgan fingerprint density at radius 2 is 2.43 bits per heavy atom. The topological polar surface area (TPSA) is 29.1 Å². The molecule has 0 aliphatic rings. The van der Waals surface area contributed by atoms with Gasteiger partial charge in [0.25, 0.3) is 0 Å². The van der Waals surface area contributed by atoms with Gasteiger partial charge in [0.05, 0.1) is 0 Å². The third-order valence-electron chi connectivity index (χ3n) is 0.756. The lowest BCUT2D eigenvalue weighted by Crippen LogP contribution is -2.18. The molecule has 1 amide bonds. The Morgan fingerprint density at radius 1 is 1.86 bits per heavy atom. The largest absolute Gasteiger partial charge is 0.391 e. The summed E-state index contributed by atoms with van der Waals surface area (Å²) in [6.45, 7) is 2.00. The van der Waals surface area contributed by atoms with Gasteiger partial charge in [-0.25, -0.2) is 0 Å². The van der Waals surface area contributed by atoms with Crippen LogP contribution in [0.1, 0.15) is 19.8 Å². The molecule has 0 saturated carbocycles. The summed E-state index contributed by atoms with van der Waals surface area (Å²) in [7, 11) is 0.788. The van der Waals surface area contributed by atoms with Crippen molar-refractivity contribution in [1.29, 1.82) is 0 Å². The monoisotopic (exact) mass is 117 g/mol. The molecule has 0 spiro atoms. The molecule has 7 heavy (non-hydrogen) atoms. The highest BCUT2D eigenvalue weighted by molar-refractivity contribution is 6.14. The van der Waals surface area contributed by atoms with Crippen LogP contribution in [-0.4, -0.2) is 16.3 Å². The molecule has 0 aromatic heterocycles. The van der Waals surface area contributed by atoms with E-state index in [1.807, 2.05) is 6.92 Å². The molecule has 3 heteroatoms. The normalized spacial score (nSPS) is 8.71. The quantitative estimate of drug-likeness (QED) is 0.471. The van der Waals surface area contributed by atoms with Gasteiger partial charge in [-0.15, -0.1) is 0 Å². The fraction of sp³-hybridized carbons (Fsp3) is 0.750. The fourth-order valence-corrected chi connectivity index (χ4v) is 0.602. The highest BCUT2D eigenvalue weighted by Gasteiger charge is 1.89. The van der Waals surface area contributed by atoms with Gasteiger partial charge in [-0.05, 0) is 6.42 Å². The first-order chi connectivity index (χ1) is 3.31. The minimum Gasteiger partial charge on any atom is -0.391 e. The van der Waals surface area contributed by atoms with Crippen molar-refractivity contribution in [2.45, 2.75) is 19.8 Å². The van der Waals surface area contributed by atoms with Gasteiger partial charge in [-0.1, -0.05) is 6.92 Å². The summed E-state index contributed by atoms with van der Waals surface area (Å²) in [5.74, 6) is 0.189. The van der Waals surface area contributed by atoms with E-state index in [2.05, 4.69) is 4.98 Å². The minimum atomic E-state index is 0.189. The Hall–Kier alpha value is -0.313. The summed E-state index contributed by atoms with van der Waals surface area (Å²) in [6.07, 6.45) is 1.64. The Kier molecular flexibility index (Phi) is 3.69. The number of amides is 1. The molecule has 0 saturated heterocycles. The molecule has 0 aliphatic carbocycles.